The zero-order valence-corrected chi connectivity index (χ0v) is 9.72. The molecule has 0 amide bonds. The van der Waals surface area contributed by atoms with Crippen molar-refractivity contribution in [2.45, 2.75) is 6.54 Å². The summed E-state index contributed by atoms with van der Waals surface area (Å²) in [5, 5.41) is 0.609. The van der Waals surface area contributed by atoms with Gasteiger partial charge in [-0.1, -0.05) is 11.6 Å². The molecule has 0 aromatic heterocycles. The van der Waals surface area contributed by atoms with Crippen LogP contribution in [0.5, 0.6) is 11.5 Å². The lowest BCUT2D eigenvalue weighted by molar-refractivity contribution is 0.0867. The third-order valence-corrected chi connectivity index (χ3v) is 2.31. The average Bonchev–Trinajstić information content (AvgIpc) is 2.27. The molecule has 1 N–H and O–H groups in total. The highest BCUT2D eigenvalue weighted by molar-refractivity contribution is 6.31. The molecule has 0 heterocycles. The lowest BCUT2D eigenvalue weighted by Crippen LogP contribution is -2.11. The van der Waals surface area contributed by atoms with Crippen molar-refractivity contribution >= 4 is 11.6 Å². The quantitative estimate of drug-likeness (QED) is 0.787. The van der Waals surface area contributed by atoms with Crippen molar-refractivity contribution in [3.05, 3.63) is 22.7 Å². The zero-order chi connectivity index (χ0) is 11.3. The summed E-state index contributed by atoms with van der Waals surface area (Å²) in [5.74, 6) is 1.26. The average molecular weight is 232 g/mol. The Morgan fingerprint density at radius 3 is 2.27 bits per heavy atom. The van der Waals surface area contributed by atoms with Crippen molar-refractivity contribution in [2.75, 3.05) is 21.3 Å². The van der Waals surface area contributed by atoms with Crippen LogP contribution in [0.4, 0.5) is 0 Å². The molecule has 0 saturated heterocycles. The molecule has 0 saturated carbocycles. The highest BCUT2D eigenvalue weighted by Crippen LogP contribution is 2.32. The number of halogens is 1. The van der Waals surface area contributed by atoms with Crippen LogP contribution in [-0.4, -0.2) is 21.3 Å². The van der Waals surface area contributed by atoms with Crippen LogP contribution in [0.25, 0.3) is 0 Å². The molecule has 0 unspecified atom stereocenters. The van der Waals surface area contributed by atoms with Gasteiger partial charge in [-0.2, -0.15) is 5.48 Å². The van der Waals surface area contributed by atoms with Gasteiger partial charge in [0.25, 0.3) is 0 Å². The minimum Gasteiger partial charge on any atom is -0.493 e. The molecule has 0 spiro atoms. The summed E-state index contributed by atoms with van der Waals surface area (Å²) in [6.45, 7) is 0.510. The van der Waals surface area contributed by atoms with E-state index in [9.17, 15) is 0 Å². The molecule has 0 fully saturated rings. The minimum absolute atomic E-state index is 0.510. The number of nitrogens with one attached hydrogen (secondary N) is 1. The summed E-state index contributed by atoms with van der Waals surface area (Å²) in [4.78, 5) is 4.75. The molecule has 1 aromatic carbocycles. The highest BCUT2D eigenvalue weighted by Gasteiger charge is 2.09. The summed E-state index contributed by atoms with van der Waals surface area (Å²) in [7, 11) is 4.70. The zero-order valence-electron chi connectivity index (χ0n) is 8.96. The van der Waals surface area contributed by atoms with Crippen LogP contribution in [0.2, 0.25) is 5.02 Å². The predicted octanol–water partition coefficient (Wildman–Crippen LogP) is 2.01. The van der Waals surface area contributed by atoms with Crippen molar-refractivity contribution in [3.8, 4) is 11.5 Å². The van der Waals surface area contributed by atoms with Gasteiger partial charge in [0.15, 0.2) is 11.5 Å². The van der Waals surface area contributed by atoms with E-state index in [0.29, 0.717) is 23.1 Å². The van der Waals surface area contributed by atoms with E-state index in [1.807, 2.05) is 6.07 Å². The largest absolute Gasteiger partial charge is 0.493 e. The molecule has 0 aliphatic heterocycles. The Balaban J connectivity index is 2.97. The van der Waals surface area contributed by atoms with Gasteiger partial charge in [0.2, 0.25) is 0 Å². The fraction of sp³-hybridized carbons (Fsp3) is 0.400. The molecule has 5 heteroatoms. The van der Waals surface area contributed by atoms with Crippen LogP contribution in [0.3, 0.4) is 0 Å². The van der Waals surface area contributed by atoms with Gasteiger partial charge >= 0.3 is 0 Å². The Bertz CT molecular complexity index is 331. The third kappa shape index (κ3) is 2.99. The summed E-state index contributed by atoms with van der Waals surface area (Å²) in [6, 6.07) is 3.53. The van der Waals surface area contributed by atoms with E-state index in [2.05, 4.69) is 5.48 Å². The first-order valence-electron chi connectivity index (χ1n) is 4.39. The molecule has 1 aromatic rings. The second-order valence-corrected chi connectivity index (χ2v) is 3.23. The third-order valence-electron chi connectivity index (χ3n) is 1.96. The van der Waals surface area contributed by atoms with E-state index in [4.69, 9.17) is 25.9 Å². The smallest absolute Gasteiger partial charge is 0.162 e. The van der Waals surface area contributed by atoms with E-state index >= 15 is 0 Å². The maximum atomic E-state index is 6.04. The van der Waals surface area contributed by atoms with Gasteiger partial charge < -0.3 is 14.3 Å². The van der Waals surface area contributed by atoms with E-state index in [-0.39, 0.29) is 0 Å². The number of rotatable bonds is 5. The molecular weight excluding hydrogens is 218 g/mol. The van der Waals surface area contributed by atoms with Gasteiger partial charge in [-0.25, -0.2) is 0 Å². The number of benzene rings is 1. The number of hydroxylamine groups is 1. The molecule has 0 bridgehead atoms. The van der Waals surface area contributed by atoms with Crippen molar-refractivity contribution < 1.29 is 14.3 Å². The van der Waals surface area contributed by atoms with E-state index in [0.717, 1.165) is 5.56 Å². The fourth-order valence-electron chi connectivity index (χ4n) is 1.18. The molecule has 1 rings (SSSR count). The van der Waals surface area contributed by atoms with Crippen molar-refractivity contribution in [2.24, 2.45) is 0 Å². The van der Waals surface area contributed by atoms with Gasteiger partial charge in [-0.15, -0.1) is 0 Å². The van der Waals surface area contributed by atoms with E-state index < -0.39 is 0 Å². The molecule has 84 valence electrons. The Labute approximate surface area is 94.0 Å². The maximum absolute atomic E-state index is 6.04. The summed E-state index contributed by atoms with van der Waals surface area (Å²) in [5.41, 5.74) is 3.60. The Morgan fingerprint density at radius 2 is 1.73 bits per heavy atom. The monoisotopic (exact) mass is 231 g/mol. The minimum atomic E-state index is 0.510. The van der Waals surface area contributed by atoms with Crippen molar-refractivity contribution in [1.82, 2.24) is 5.48 Å². The normalized spacial score (nSPS) is 10.1. The van der Waals surface area contributed by atoms with Crippen molar-refractivity contribution in [3.63, 3.8) is 0 Å². The van der Waals surface area contributed by atoms with Crippen LogP contribution < -0.4 is 15.0 Å². The topological polar surface area (TPSA) is 39.7 Å². The lowest BCUT2D eigenvalue weighted by Gasteiger charge is -2.11. The van der Waals surface area contributed by atoms with Crippen molar-refractivity contribution in [1.29, 1.82) is 0 Å². The Hall–Kier alpha value is -0.970. The second kappa shape index (κ2) is 5.80. The molecular formula is C10H14ClNO3. The van der Waals surface area contributed by atoms with Gasteiger partial charge in [0, 0.05) is 17.6 Å². The van der Waals surface area contributed by atoms with E-state index in [1.54, 1.807) is 27.4 Å². The number of hydrogen-bond acceptors (Lipinski definition) is 4. The standard InChI is InChI=1S/C10H14ClNO3/c1-13-9-4-7(6-12-15-3)8(11)5-10(9)14-2/h4-5,12H,6H2,1-3H3. The predicted molar refractivity (Wildman–Crippen MR) is 58.4 cm³/mol. The van der Waals surface area contributed by atoms with Crippen LogP contribution in [0.1, 0.15) is 5.56 Å². The fourth-order valence-corrected chi connectivity index (χ4v) is 1.40. The van der Waals surface area contributed by atoms with Crippen LogP contribution >= 0.6 is 11.6 Å². The highest BCUT2D eigenvalue weighted by atomic mass is 35.5. The maximum Gasteiger partial charge on any atom is 0.162 e. The van der Waals surface area contributed by atoms with Gasteiger partial charge in [0.1, 0.15) is 0 Å². The molecule has 4 nitrogen and oxygen atoms in total. The van der Waals surface area contributed by atoms with E-state index in [1.165, 1.54) is 0 Å². The number of hydrogen-bond donors (Lipinski definition) is 1. The first kappa shape index (κ1) is 12.1. The summed E-state index contributed by atoms with van der Waals surface area (Å²) >= 11 is 6.04. The molecule has 0 aliphatic rings. The summed E-state index contributed by atoms with van der Waals surface area (Å²) < 4.78 is 10.3. The van der Waals surface area contributed by atoms with Crippen LogP contribution in [-0.2, 0) is 11.4 Å². The molecule has 0 aliphatic carbocycles. The molecule has 15 heavy (non-hydrogen) atoms. The summed E-state index contributed by atoms with van der Waals surface area (Å²) in [6.07, 6.45) is 0. The lowest BCUT2D eigenvalue weighted by atomic mass is 10.2. The SMILES string of the molecule is CONCc1cc(OC)c(OC)cc1Cl. The first-order chi connectivity index (χ1) is 7.22. The van der Waals surface area contributed by atoms with Crippen LogP contribution in [0.15, 0.2) is 12.1 Å². The van der Waals surface area contributed by atoms with Crippen LogP contribution in [0, 0.1) is 0 Å². The molecule has 0 atom stereocenters. The number of methoxy groups -OCH3 is 2. The van der Waals surface area contributed by atoms with Gasteiger partial charge in [0.05, 0.1) is 21.3 Å². The Morgan fingerprint density at radius 1 is 1.13 bits per heavy atom. The Kier molecular flexibility index (Phi) is 4.68. The number of ether oxygens (including phenoxy) is 2. The first-order valence-corrected chi connectivity index (χ1v) is 4.77. The van der Waals surface area contributed by atoms with Gasteiger partial charge in [-0.3, -0.25) is 0 Å². The molecule has 0 radical (unpaired) electrons. The van der Waals surface area contributed by atoms with Gasteiger partial charge in [-0.05, 0) is 11.6 Å². The second-order valence-electron chi connectivity index (χ2n) is 2.82.